The summed E-state index contributed by atoms with van der Waals surface area (Å²) in [6.45, 7) is 0.786. The van der Waals surface area contributed by atoms with Crippen LogP contribution in [0, 0.1) is 5.92 Å². The Morgan fingerprint density at radius 3 is 3.00 bits per heavy atom. The highest BCUT2D eigenvalue weighted by molar-refractivity contribution is 5.77. The smallest absolute Gasteiger partial charge is 0.245 e. The van der Waals surface area contributed by atoms with Crippen LogP contribution in [0.5, 0.6) is 0 Å². The highest BCUT2D eigenvalue weighted by atomic mass is 16.5. The minimum Gasteiger partial charge on any atom is -0.393 e. The highest BCUT2D eigenvalue weighted by Crippen LogP contribution is 2.23. The van der Waals surface area contributed by atoms with Crippen LogP contribution in [0.3, 0.4) is 0 Å². The van der Waals surface area contributed by atoms with E-state index in [1.54, 1.807) is 0 Å². The van der Waals surface area contributed by atoms with E-state index in [1.165, 1.54) is 7.11 Å². The number of rotatable bonds is 4. The van der Waals surface area contributed by atoms with Crippen molar-refractivity contribution in [2.24, 2.45) is 5.92 Å². The Bertz CT molecular complexity index is 184. The lowest BCUT2D eigenvalue weighted by atomic mass is 9.87. The Balaban J connectivity index is 2.14. The number of nitrogens with one attached hydrogen (secondary N) is 1. The maximum absolute atomic E-state index is 11.1. The summed E-state index contributed by atoms with van der Waals surface area (Å²) in [5, 5.41) is 12.2. The summed E-state index contributed by atoms with van der Waals surface area (Å²) in [7, 11) is 1.50. The second-order valence-corrected chi connectivity index (χ2v) is 3.92. The van der Waals surface area contributed by atoms with Crippen molar-refractivity contribution in [2.45, 2.75) is 31.8 Å². The summed E-state index contributed by atoms with van der Waals surface area (Å²) in [4.78, 5) is 11.1. The molecule has 0 bridgehead atoms. The first-order valence-electron chi connectivity index (χ1n) is 5.16. The van der Waals surface area contributed by atoms with Gasteiger partial charge in [0.1, 0.15) is 6.61 Å². The van der Waals surface area contributed by atoms with Crippen LogP contribution in [0.15, 0.2) is 0 Å². The molecule has 82 valence electrons. The van der Waals surface area contributed by atoms with E-state index in [2.05, 4.69) is 5.32 Å². The predicted octanol–water partition coefficient (Wildman–Crippen LogP) is 0.300. The Morgan fingerprint density at radius 1 is 1.57 bits per heavy atom. The summed E-state index contributed by atoms with van der Waals surface area (Å²) in [5.74, 6) is 0.354. The number of hydrogen-bond donors (Lipinski definition) is 2. The van der Waals surface area contributed by atoms with Gasteiger partial charge in [-0.1, -0.05) is 6.42 Å². The van der Waals surface area contributed by atoms with Gasteiger partial charge in [-0.25, -0.2) is 0 Å². The van der Waals surface area contributed by atoms with E-state index in [1.807, 2.05) is 0 Å². The molecule has 4 nitrogen and oxygen atoms in total. The van der Waals surface area contributed by atoms with Gasteiger partial charge in [-0.2, -0.15) is 0 Å². The third-order valence-electron chi connectivity index (χ3n) is 2.62. The van der Waals surface area contributed by atoms with Gasteiger partial charge in [0.05, 0.1) is 6.10 Å². The van der Waals surface area contributed by atoms with E-state index >= 15 is 0 Å². The number of carbonyl (C=O) groups excluding carboxylic acids is 1. The molecule has 1 amide bonds. The van der Waals surface area contributed by atoms with E-state index in [9.17, 15) is 9.90 Å². The number of ether oxygens (including phenoxy) is 1. The molecule has 0 aliphatic heterocycles. The summed E-state index contributed by atoms with van der Waals surface area (Å²) in [6, 6.07) is 0. The van der Waals surface area contributed by atoms with Gasteiger partial charge >= 0.3 is 0 Å². The first kappa shape index (κ1) is 11.5. The van der Waals surface area contributed by atoms with E-state index in [0.717, 1.165) is 25.7 Å². The molecule has 1 saturated carbocycles. The molecule has 2 N–H and O–H groups in total. The molecular formula is C10H19NO3. The fourth-order valence-electron chi connectivity index (χ4n) is 1.89. The molecule has 14 heavy (non-hydrogen) atoms. The highest BCUT2D eigenvalue weighted by Gasteiger charge is 2.20. The average Bonchev–Trinajstić information content (AvgIpc) is 2.15. The van der Waals surface area contributed by atoms with Crippen LogP contribution in [0.25, 0.3) is 0 Å². The van der Waals surface area contributed by atoms with Crippen LogP contribution in [0.1, 0.15) is 25.7 Å². The molecule has 0 aromatic heterocycles. The fourth-order valence-corrected chi connectivity index (χ4v) is 1.89. The van der Waals surface area contributed by atoms with Gasteiger partial charge in [0, 0.05) is 13.7 Å². The van der Waals surface area contributed by atoms with Crippen molar-refractivity contribution >= 4 is 5.91 Å². The van der Waals surface area contributed by atoms with Crippen LogP contribution in [0.2, 0.25) is 0 Å². The SMILES string of the molecule is COCC(=O)NCC1CCCC(O)C1. The van der Waals surface area contributed by atoms with Crippen molar-refractivity contribution in [3.8, 4) is 0 Å². The Hall–Kier alpha value is -0.610. The van der Waals surface area contributed by atoms with Crippen LogP contribution < -0.4 is 5.32 Å². The van der Waals surface area contributed by atoms with Gasteiger partial charge in [0.2, 0.25) is 5.91 Å². The molecular weight excluding hydrogens is 182 g/mol. The average molecular weight is 201 g/mol. The fraction of sp³-hybridized carbons (Fsp3) is 0.900. The van der Waals surface area contributed by atoms with Crippen molar-refractivity contribution in [1.29, 1.82) is 0 Å². The second kappa shape index (κ2) is 5.98. The zero-order valence-corrected chi connectivity index (χ0v) is 8.66. The lowest BCUT2D eigenvalue weighted by Crippen LogP contribution is -2.34. The van der Waals surface area contributed by atoms with Crippen LogP contribution >= 0.6 is 0 Å². The molecule has 0 saturated heterocycles. The van der Waals surface area contributed by atoms with Crippen molar-refractivity contribution in [3.63, 3.8) is 0 Å². The van der Waals surface area contributed by atoms with Crippen molar-refractivity contribution < 1.29 is 14.6 Å². The van der Waals surface area contributed by atoms with E-state index < -0.39 is 0 Å². The predicted molar refractivity (Wildman–Crippen MR) is 52.9 cm³/mol. The lowest BCUT2D eigenvalue weighted by Gasteiger charge is -2.25. The molecule has 0 aromatic carbocycles. The number of aliphatic hydroxyl groups is 1. The zero-order chi connectivity index (χ0) is 10.4. The van der Waals surface area contributed by atoms with Crippen molar-refractivity contribution in [1.82, 2.24) is 5.32 Å². The van der Waals surface area contributed by atoms with E-state index in [0.29, 0.717) is 12.5 Å². The Kier molecular flexibility index (Phi) is 4.90. The molecule has 1 rings (SSSR count). The molecule has 0 radical (unpaired) electrons. The first-order valence-corrected chi connectivity index (χ1v) is 5.16. The number of aliphatic hydroxyl groups excluding tert-OH is 1. The standard InChI is InChI=1S/C10H19NO3/c1-14-7-10(13)11-6-8-3-2-4-9(12)5-8/h8-9,12H,2-7H2,1H3,(H,11,13). The van der Waals surface area contributed by atoms with Crippen molar-refractivity contribution in [3.05, 3.63) is 0 Å². The topological polar surface area (TPSA) is 58.6 Å². The number of methoxy groups -OCH3 is 1. The molecule has 1 aliphatic carbocycles. The minimum absolute atomic E-state index is 0.0763. The van der Waals surface area contributed by atoms with Gasteiger partial charge in [-0.05, 0) is 25.2 Å². The molecule has 1 fully saturated rings. The lowest BCUT2D eigenvalue weighted by molar-refractivity contribution is -0.125. The molecule has 2 unspecified atom stereocenters. The minimum atomic E-state index is -0.173. The monoisotopic (exact) mass is 201 g/mol. The quantitative estimate of drug-likeness (QED) is 0.687. The number of amides is 1. The zero-order valence-electron chi connectivity index (χ0n) is 8.66. The molecule has 0 spiro atoms. The van der Waals surface area contributed by atoms with Gasteiger partial charge in [-0.3, -0.25) is 4.79 Å². The van der Waals surface area contributed by atoms with Crippen LogP contribution in [-0.2, 0) is 9.53 Å². The Labute approximate surface area is 84.6 Å². The third kappa shape index (κ3) is 4.07. The van der Waals surface area contributed by atoms with Crippen molar-refractivity contribution in [2.75, 3.05) is 20.3 Å². The molecule has 0 heterocycles. The van der Waals surface area contributed by atoms with Crippen LogP contribution in [0.4, 0.5) is 0 Å². The van der Waals surface area contributed by atoms with Gasteiger partial charge in [-0.15, -0.1) is 0 Å². The number of carbonyl (C=O) groups is 1. The molecule has 2 atom stereocenters. The maximum atomic E-state index is 11.1. The van der Waals surface area contributed by atoms with Gasteiger partial charge in [0.15, 0.2) is 0 Å². The van der Waals surface area contributed by atoms with E-state index in [4.69, 9.17) is 4.74 Å². The first-order chi connectivity index (χ1) is 6.72. The molecule has 1 aliphatic rings. The van der Waals surface area contributed by atoms with E-state index in [-0.39, 0.29) is 18.6 Å². The summed E-state index contributed by atoms with van der Waals surface area (Å²) in [6.07, 6.45) is 3.71. The summed E-state index contributed by atoms with van der Waals surface area (Å²) < 4.78 is 4.70. The summed E-state index contributed by atoms with van der Waals surface area (Å²) >= 11 is 0. The molecule has 0 aromatic rings. The maximum Gasteiger partial charge on any atom is 0.245 e. The summed E-state index contributed by atoms with van der Waals surface area (Å²) in [5.41, 5.74) is 0. The number of hydrogen-bond acceptors (Lipinski definition) is 3. The Morgan fingerprint density at radius 2 is 2.36 bits per heavy atom. The third-order valence-corrected chi connectivity index (χ3v) is 2.62. The normalized spacial score (nSPS) is 27.3. The van der Waals surface area contributed by atoms with Gasteiger partial charge < -0.3 is 15.2 Å². The molecule has 4 heteroatoms. The largest absolute Gasteiger partial charge is 0.393 e. The van der Waals surface area contributed by atoms with Crippen LogP contribution in [-0.4, -0.2) is 37.4 Å². The van der Waals surface area contributed by atoms with Gasteiger partial charge in [0.25, 0.3) is 0 Å². The second-order valence-electron chi connectivity index (χ2n) is 3.92.